The number of aromatic nitrogens is 4. The molecule has 126 valence electrons. The minimum atomic E-state index is -0.935. The highest BCUT2D eigenvalue weighted by Crippen LogP contribution is 2.39. The fraction of sp³-hybridized carbons (Fsp3) is 0.706. The van der Waals surface area contributed by atoms with Gasteiger partial charge in [-0.05, 0) is 38.0 Å². The largest absolute Gasteiger partial charge is 0.382 e. The fourth-order valence-electron chi connectivity index (χ4n) is 3.56. The number of nitrogens with one attached hydrogen (secondary N) is 2. The Labute approximate surface area is 137 Å². The number of aliphatic hydroxyl groups is 1. The van der Waals surface area contributed by atoms with Gasteiger partial charge in [-0.1, -0.05) is 27.2 Å². The van der Waals surface area contributed by atoms with Gasteiger partial charge in [0.2, 0.25) is 0 Å². The smallest absolute Gasteiger partial charge is 0.183 e. The minimum Gasteiger partial charge on any atom is -0.382 e. The number of imidazole rings is 1. The number of anilines is 1. The van der Waals surface area contributed by atoms with Crippen molar-refractivity contribution in [3.8, 4) is 0 Å². The lowest BCUT2D eigenvalue weighted by molar-refractivity contribution is -0.0252. The zero-order valence-corrected chi connectivity index (χ0v) is 14.3. The van der Waals surface area contributed by atoms with Gasteiger partial charge in [0.25, 0.3) is 0 Å². The van der Waals surface area contributed by atoms with E-state index >= 15 is 0 Å². The first-order chi connectivity index (χ1) is 11.1. The number of H-pyrrole nitrogens is 1. The predicted molar refractivity (Wildman–Crippen MR) is 91.2 cm³/mol. The van der Waals surface area contributed by atoms with Crippen LogP contribution in [0.2, 0.25) is 0 Å². The summed E-state index contributed by atoms with van der Waals surface area (Å²) in [6, 6.07) is 0.351. The summed E-state index contributed by atoms with van der Waals surface area (Å²) in [5.41, 5.74) is 0.498. The molecule has 0 aromatic carbocycles. The number of aromatic amines is 1. The molecule has 1 saturated carbocycles. The van der Waals surface area contributed by atoms with E-state index in [0.29, 0.717) is 29.9 Å². The number of nitrogens with zero attached hydrogens (tertiary/aromatic N) is 3. The molecule has 23 heavy (non-hydrogen) atoms. The van der Waals surface area contributed by atoms with Crippen LogP contribution < -0.4 is 5.32 Å². The Morgan fingerprint density at radius 2 is 2.17 bits per heavy atom. The molecule has 0 bridgehead atoms. The van der Waals surface area contributed by atoms with E-state index in [9.17, 15) is 5.11 Å². The Hall–Kier alpha value is -1.69. The van der Waals surface area contributed by atoms with Crippen LogP contribution in [0, 0.1) is 5.92 Å². The summed E-state index contributed by atoms with van der Waals surface area (Å²) in [6.07, 6.45) is 7.28. The van der Waals surface area contributed by atoms with Crippen molar-refractivity contribution < 1.29 is 5.11 Å². The highest BCUT2D eigenvalue weighted by molar-refractivity contribution is 5.82. The number of fused-ring (bicyclic) bond motifs is 1. The molecule has 1 aliphatic carbocycles. The highest BCUT2D eigenvalue weighted by atomic mass is 16.3. The van der Waals surface area contributed by atoms with Gasteiger partial charge in [0.05, 0.1) is 6.33 Å². The summed E-state index contributed by atoms with van der Waals surface area (Å²) in [6.45, 7) is 6.49. The summed E-state index contributed by atoms with van der Waals surface area (Å²) in [4.78, 5) is 16.6. The maximum absolute atomic E-state index is 11.1. The summed E-state index contributed by atoms with van der Waals surface area (Å²) >= 11 is 0. The molecule has 3 rings (SSSR count). The van der Waals surface area contributed by atoms with Crippen LogP contribution in [-0.2, 0) is 5.60 Å². The molecule has 6 nitrogen and oxygen atoms in total. The van der Waals surface area contributed by atoms with Crippen molar-refractivity contribution in [2.75, 3.05) is 5.32 Å². The Morgan fingerprint density at radius 3 is 2.87 bits per heavy atom. The molecule has 0 unspecified atom stereocenters. The van der Waals surface area contributed by atoms with Gasteiger partial charge in [0.15, 0.2) is 17.3 Å². The molecular weight excluding hydrogens is 290 g/mol. The Kier molecular flexibility index (Phi) is 4.53. The molecule has 0 spiro atoms. The van der Waals surface area contributed by atoms with Crippen LogP contribution in [0.5, 0.6) is 0 Å². The molecule has 2 aromatic rings. The number of hydrogen-bond acceptors (Lipinski definition) is 5. The van der Waals surface area contributed by atoms with Gasteiger partial charge in [0.1, 0.15) is 11.1 Å². The van der Waals surface area contributed by atoms with Crippen molar-refractivity contribution in [1.29, 1.82) is 0 Å². The summed E-state index contributed by atoms with van der Waals surface area (Å²) in [5.74, 6) is 1.75. The average molecular weight is 317 g/mol. The topological polar surface area (TPSA) is 86.7 Å². The van der Waals surface area contributed by atoms with Gasteiger partial charge in [-0.2, -0.15) is 0 Å². The van der Waals surface area contributed by atoms with E-state index in [2.05, 4.69) is 41.0 Å². The van der Waals surface area contributed by atoms with Crippen molar-refractivity contribution >= 4 is 17.0 Å². The lowest BCUT2D eigenvalue weighted by atomic mass is 9.78. The van der Waals surface area contributed by atoms with E-state index in [-0.39, 0.29) is 0 Å². The normalized spacial score (nSPS) is 25.2. The van der Waals surface area contributed by atoms with Gasteiger partial charge in [-0.15, -0.1) is 0 Å². The van der Waals surface area contributed by atoms with Crippen LogP contribution in [0.4, 0.5) is 5.82 Å². The molecule has 2 heterocycles. The first kappa shape index (κ1) is 16.2. The van der Waals surface area contributed by atoms with Crippen molar-refractivity contribution in [1.82, 2.24) is 19.9 Å². The zero-order chi connectivity index (χ0) is 16.4. The second-order valence-electron chi connectivity index (χ2n) is 6.89. The third-order valence-electron chi connectivity index (χ3n) is 5.00. The minimum absolute atomic E-state index is 0.351. The highest BCUT2D eigenvalue weighted by Gasteiger charge is 2.37. The third kappa shape index (κ3) is 3.17. The van der Waals surface area contributed by atoms with Crippen LogP contribution in [0.3, 0.4) is 0 Å². The van der Waals surface area contributed by atoms with Gasteiger partial charge in [0, 0.05) is 6.04 Å². The van der Waals surface area contributed by atoms with E-state index in [1.807, 2.05) is 0 Å². The monoisotopic (exact) mass is 317 g/mol. The molecule has 0 aliphatic heterocycles. The van der Waals surface area contributed by atoms with Gasteiger partial charge < -0.3 is 15.4 Å². The molecule has 0 amide bonds. The van der Waals surface area contributed by atoms with Crippen molar-refractivity contribution in [3.05, 3.63) is 12.2 Å². The fourth-order valence-corrected chi connectivity index (χ4v) is 3.56. The maximum Gasteiger partial charge on any atom is 0.183 e. The Morgan fingerprint density at radius 1 is 1.39 bits per heavy atom. The molecule has 3 N–H and O–H groups in total. The van der Waals surface area contributed by atoms with Crippen LogP contribution in [0.1, 0.15) is 65.1 Å². The quantitative estimate of drug-likeness (QED) is 0.787. The van der Waals surface area contributed by atoms with Crippen LogP contribution >= 0.6 is 0 Å². The average Bonchev–Trinajstić information content (AvgIpc) is 3.00. The van der Waals surface area contributed by atoms with Crippen LogP contribution in [0.25, 0.3) is 11.2 Å². The lowest BCUT2D eigenvalue weighted by Crippen LogP contribution is -2.34. The first-order valence-electron chi connectivity index (χ1n) is 8.76. The van der Waals surface area contributed by atoms with Gasteiger partial charge in [-0.25, -0.2) is 15.0 Å². The Bertz CT molecular complexity index is 666. The predicted octanol–water partition coefficient (Wildman–Crippen LogP) is 3.35. The molecule has 2 aromatic heterocycles. The molecule has 6 heteroatoms. The van der Waals surface area contributed by atoms with E-state index < -0.39 is 5.60 Å². The summed E-state index contributed by atoms with van der Waals surface area (Å²) < 4.78 is 0. The second kappa shape index (κ2) is 6.43. The second-order valence-corrected chi connectivity index (χ2v) is 6.89. The maximum atomic E-state index is 11.1. The first-order valence-corrected chi connectivity index (χ1v) is 8.76. The van der Waals surface area contributed by atoms with Crippen molar-refractivity contribution in [2.45, 2.75) is 70.9 Å². The molecule has 0 saturated heterocycles. The van der Waals surface area contributed by atoms with E-state index in [1.54, 1.807) is 6.33 Å². The van der Waals surface area contributed by atoms with Gasteiger partial charge >= 0.3 is 0 Å². The molecule has 1 fully saturated rings. The summed E-state index contributed by atoms with van der Waals surface area (Å²) in [7, 11) is 0. The lowest BCUT2D eigenvalue weighted by Gasteiger charge is -2.34. The standard InChI is InChI=1S/C17H27N5O/c1-4-12(5-2)20-15-13-14(19-10-18-13)21-16(22-15)17(23)8-6-7-11(3)9-17/h10-12,23H,4-9H2,1-3H3,(H2,18,19,20,21,22)/t11-,17+/m1/s1. The van der Waals surface area contributed by atoms with Crippen molar-refractivity contribution in [2.24, 2.45) is 5.92 Å². The Balaban J connectivity index is 2.01. The molecule has 2 atom stereocenters. The van der Waals surface area contributed by atoms with E-state index in [0.717, 1.165) is 43.4 Å². The molecular formula is C17H27N5O. The number of rotatable bonds is 5. The summed E-state index contributed by atoms with van der Waals surface area (Å²) in [5, 5.41) is 14.6. The van der Waals surface area contributed by atoms with E-state index in [1.165, 1.54) is 0 Å². The zero-order valence-electron chi connectivity index (χ0n) is 14.3. The van der Waals surface area contributed by atoms with Crippen molar-refractivity contribution in [3.63, 3.8) is 0 Å². The third-order valence-corrected chi connectivity index (χ3v) is 5.00. The molecule has 1 aliphatic rings. The van der Waals surface area contributed by atoms with E-state index in [4.69, 9.17) is 4.98 Å². The SMILES string of the molecule is CCC(CC)Nc1nc([C@]2(O)CCC[C@@H](C)C2)nc2nc[nH]c12. The van der Waals surface area contributed by atoms with Crippen LogP contribution in [-0.4, -0.2) is 31.1 Å². The van der Waals surface area contributed by atoms with Crippen LogP contribution in [0.15, 0.2) is 6.33 Å². The van der Waals surface area contributed by atoms with Gasteiger partial charge in [-0.3, -0.25) is 0 Å². The molecule has 0 radical (unpaired) electrons. The number of hydrogen-bond donors (Lipinski definition) is 3.